The smallest absolute Gasteiger partial charge is 0.253 e. The number of nitrogens with one attached hydrogen (secondary N) is 1. The maximum atomic E-state index is 12.6. The van der Waals surface area contributed by atoms with Crippen LogP contribution in [0.4, 0.5) is 0 Å². The zero-order valence-electron chi connectivity index (χ0n) is 16.1. The highest BCUT2D eigenvalue weighted by atomic mass is 35.5. The first kappa shape index (κ1) is 20.4. The number of nitrogens with zero attached hydrogens (tertiary/aromatic N) is 2. The fraction of sp³-hybridized carbons (Fsp3) is 0.364. The lowest BCUT2D eigenvalue weighted by atomic mass is 10.1. The Balaban J connectivity index is 1.49. The number of hydrogen-bond acceptors (Lipinski definition) is 3. The number of halogens is 1. The third kappa shape index (κ3) is 5.57. The summed E-state index contributed by atoms with van der Waals surface area (Å²) in [7, 11) is 0. The van der Waals surface area contributed by atoms with E-state index in [1.54, 1.807) is 0 Å². The minimum absolute atomic E-state index is 0.00899. The topological polar surface area (TPSA) is 52.7 Å². The molecule has 2 aromatic carbocycles. The zero-order valence-corrected chi connectivity index (χ0v) is 16.9. The van der Waals surface area contributed by atoms with Gasteiger partial charge in [-0.2, -0.15) is 0 Å². The van der Waals surface area contributed by atoms with Gasteiger partial charge in [-0.15, -0.1) is 0 Å². The van der Waals surface area contributed by atoms with Crippen LogP contribution in [0.1, 0.15) is 35.3 Å². The van der Waals surface area contributed by atoms with E-state index in [0.717, 1.165) is 18.5 Å². The van der Waals surface area contributed by atoms with Crippen molar-refractivity contribution in [1.82, 2.24) is 15.1 Å². The van der Waals surface area contributed by atoms with E-state index in [1.807, 2.05) is 66.4 Å². The zero-order chi connectivity index (χ0) is 19.9. The van der Waals surface area contributed by atoms with Gasteiger partial charge in [0.15, 0.2) is 0 Å². The molecular formula is C22H26ClN3O2. The van der Waals surface area contributed by atoms with Crippen LogP contribution in [-0.4, -0.2) is 54.3 Å². The Labute approximate surface area is 171 Å². The number of carbonyl (C=O) groups excluding carboxylic acids is 2. The molecule has 1 heterocycles. The molecule has 1 aliphatic rings. The Kier molecular flexibility index (Phi) is 7.06. The number of rotatable bonds is 5. The van der Waals surface area contributed by atoms with Gasteiger partial charge in [0.05, 0.1) is 12.6 Å². The van der Waals surface area contributed by atoms with E-state index < -0.39 is 0 Å². The molecule has 0 radical (unpaired) electrons. The normalized spacial score (nSPS) is 16.3. The summed E-state index contributed by atoms with van der Waals surface area (Å²) < 4.78 is 0. The summed E-state index contributed by atoms with van der Waals surface area (Å²) in [5.74, 6) is 0.0496. The van der Waals surface area contributed by atoms with Crippen molar-refractivity contribution in [2.45, 2.75) is 19.4 Å². The van der Waals surface area contributed by atoms with E-state index in [9.17, 15) is 9.59 Å². The van der Waals surface area contributed by atoms with Crippen LogP contribution in [0.3, 0.4) is 0 Å². The van der Waals surface area contributed by atoms with E-state index >= 15 is 0 Å². The van der Waals surface area contributed by atoms with Gasteiger partial charge in [0, 0.05) is 36.8 Å². The molecule has 0 aromatic heterocycles. The molecule has 0 bridgehead atoms. The van der Waals surface area contributed by atoms with Crippen LogP contribution in [0.15, 0.2) is 54.6 Å². The van der Waals surface area contributed by atoms with E-state index in [-0.39, 0.29) is 17.9 Å². The molecule has 1 fully saturated rings. The molecule has 2 aromatic rings. The first-order valence-corrected chi connectivity index (χ1v) is 10.0. The number of carbonyl (C=O) groups is 2. The molecule has 28 heavy (non-hydrogen) atoms. The molecule has 1 aliphatic heterocycles. The molecule has 1 atom stereocenters. The summed E-state index contributed by atoms with van der Waals surface area (Å²) >= 11 is 5.92. The van der Waals surface area contributed by atoms with Gasteiger partial charge in [0.1, 0.15) is 0 Å². The molecule has 3 rings (SSSR count). The Morgan fingerprint density at radius 1 is 1.00 bits per heavy atom. The van der Waals surface area contributed by atoms with Gasteiger partial charge in [-0.05, 0) is 43.2 Å². The van der Waals surface area contributed by atoms with Crippen molar-refractivity contribution in [3.8, 4) is 0 Å². The fourth-order valence-electron chi connectivity index (χ4n) is 3.42. The highest BCUT2D eigenvalue weighted by molar-refractivity contribution is 6.30. The summed E-state index contributed by atoms with van der Waals surface area (Å²) in [6.07, 6.45) is 0.860. The molecule has 0 saturated carbocycles. The van der Waals surface area contributed by atoms with Gasteiger partial charge in [-0.3, -0.25) is 14.5 Å². The highest BCUT2D eigenvalue weighted by Gasteiger charge is 2.21. The maximum Gasteiger partial charge on any atom is 0.253 e. The van der Waals surface area contributed by atoms with Crippen LogP contribution in [0, 0.1) is 0 Å². The molecule has 148 valence electrons. The van der Waals surface area contributed by atoms with E-state index in [0.29, 0.717) is 36.8 Å². The molecule has 1 saturated heterocycles. The Morgan fingerprint density at radius 2 is 1.71 bits per heavy atom. The molecule has 1 unspecified atom stereocenters. The maximum absolute atomic E-state index is 12.6. The van der Waals surface area contributed by atoms with Crippen LogP contribution in [0.25, 0.3) is 0 Å². The van der Waals surface area contributed by atoms with Gasteiger partial charge in [0.2, 0.25) is 5.91 Å². The number of benzene rings is 2. The summed E-state index contributed by atoms with van der Waals surface area (Å²) in [6, 6.07) is 16.8. The minimum atomic E-state index is -0.0760. The van der Waals surface area contributed by atoms with Gasteiger partial charge >= 0.3 is 0 Å². The highest BCUT2D eigenvalue weighted by Crippen LogP contribution is 2.16. The molecule has 6 heteroatoms. The Hall–Kier alpha value is -2.37. The van der Waals surface area contributed by atoms with Crippen LogP contribution in [0.2, 0.25) is 5.02 Å². The van der Waals surface area contributed by atoms with Gasteiger partial charge < -0.3 is 10.2 Å². The summed E-state index contributed by atoms with van der Waals surface area (Å²) in [6.45, 7) is 5.15. The van der Waals surface area contributed by atoms with E-state index in [2.05, 4.69) is 10.2 Å². The lowest BCUT2D eigenvalue weighted by molar-refractivity contribution is -0.122. The summed E-state index contributed by atoms with van der Waals surface area (Å²) in [4.78, 5) is 29.1. The number of hydrogen-bond donors (Lipinski definition) is 1. The monoisotopic (exact) mass is 399 g/mol. The third-order valence-corrected chi connectivity index (χ3v) is 5.26. The Bertz CT molecular complexity index is 795. The molecule has 1 N–H and O–H groups in total. The quantitative estimate of drug-likeness (QED) is 0.838. The van der Waals surface area contributed by atoms with E-state index in [1.165, 1.54) is 0 Å². The molecule has 0 aliphatic carbocycles. The van der Waals surface area contributed by atoms with Crippen LogP contribution in [0.5, 0.6) is 0 Å². The first-order chi connectivity index (χ1) is 13.5. The van der Waals surface area contributed by atoms with Crippen molar-refractivity contribution >= 4 is 23.4 Å². The number of amides is 2. The standard InChI is InChI=1S/C22H26ClN3O2/c1-17(18-8-10-20(23)11-9-18)24-21(27)16-25-12-5-13-26(15-14-25)22(28)19-6-3-2-4-7-19/h2-4,6-11,17H,5,12-16H2,1H3,(H,24,27). The average Bonchev–Trinajstić information content (AvgIpc) is 2.94. The fourth-order valence-corrected chi connectivity index (χ4v) is 3.55. The van der Waals surface area contributed by atoms with Crippen molar-refractivity contribution < 1.29 is 9.59 Å². The van der Waals surface area contributed by atoms with Crippen LogP contribution >= 0.6 is 11.6 Å². The van der Waals surface area contributed by atoms with Crippen LogP contribution in [-0.2, 0) is 4.79 Å². The Morgan fingerprint density at radius 3 is 2.43 bits per heavy atom. The van der Waals surface area contributed by atoms with Crippen molar-refractivity contribution in [3.05, 3.63) is 70.7 Å². The van der Waals surface area contributed by atoms with Crippen molar-refractivity contribution in [1.29, 1.82) is 0 Å². The lowest BCUT2D eigenvalue weighted by Crippen LogP contribution is -2.40. The van der Waals surface area contributed by atoms with E-state index in [4.69, 9.17) is 11.6 Å². The van der Waals surface area contributed by atoms with Crippen molar-refractivity contribution in [2.75, 3.05) is 32.7 Å². The molecule has 2 amide bonds. The molecular weight excluding hydrogens is 374 g/mol. The van der Waals surface area contributed by atoms with Gasteiger partial charge in [-0.1, -0.05) is 41.9 Å². The lowest BCUT2D eigenvalue weighted by Gasteiger charge is -2.22. The second-order valence-corrected chi connectivity index (χ2v) is 7.57. The first-order valence-electron chi connectivity index (χ1n) is 9.64. The second kappa shape index (κ2) is 9.71. The summed E-state index contributed by atoms with van der Waals surface area (Å²) in [5.41, 5.74) is 1.73. The minimum Gasteiger partial charge on any atom is -0.348 e. The van der Waals surface area contributed by atoms with Gasteiger partial charge in [0.25, 0.3) is 5.91 Å². The second-order valence-electron chi connectivity index (χ2n) is 7.13. The van der Waals surface area contributed by atoms with Crippen molar-refractivity contribution in [3.63, 3.8) is 0 Å². The molecule has 0 spiro atoms. The van der Waals surface area contributed by atoms with Gasteiger partial charge in [-0.25, -0.2) is 0 Å². The SMILES string of the molecule is CC(NC(=O)CN1CCCN(C(=O)c2ccccc2)CC1)c1ccc(Cl)cc1. The van der Waals surface area contributed by atoms with Crippen molar-refractivity contribution in [2.24, 2.45) is 0 Å². The largest absolute Gasteiger partial charge is 0.348 e. The average molecular weight is 400 g/mol. The van der Waals surface area contributed by atoms with Crippen LogP contribution < -0.4 is 5.32 Å². The predicted molar refractivity (Wildman–Crippen MR) is 111 cm³/mol. The third-order valence-electron chi connectivity index (χ3n) is 5.01. The summed E-state index contributed by atoms with van der Waals surface area (Å²) in [5, 5.41) is 3.72. The molecule has 5 nitrogen and oxygen atoms in total. The predicted octanol–water partition coefficient (Wildman–Crippen LogP) is 3.37.